The number of nitrogens with zero attached hydrogens (tertiary/aromatic N) is 2. The van der Waals surface area contributed by atoms with E-state index in [1.54, 1.807) is 19.1 Å². The van der Waals surface area contributed by atoms with Gasteiger partial charge in [0.05, 0.1) is 10.6 Å². The van der Waals surface area contributed by atoms with Crippen LogP contribution in [0.25, 0.3) is 0 Å². The van der Waals surface area contributed by atoms with Gasteiger partial charge in [0.25, 0.3) is 10.0 Å². The van der Waals surface area contributed by atoms with Crippen LogP contribution in [0, 0.1) is 19.7 Å². The number of halogens is 1. The van der Waals surface area contributed by atoms with Crippen molar-refractivity contribution in [1.29, 1.82) is 0 Å². The summed E-state index contributed by atoms with van der Waals surface area (Å²) in [5.74, 6) is -1.84. The summed E-state index contributed by atoms with van der Waals surface area (Å²) < 4.78 is 42.8. The lowest BCUT2D eigenvalue weighted by atomic mass is 10.1. The zero-order valence-corrected chi connectivity index (χ0v) is 21.5. The first-order valence-electron chi connectivity index (χ1n) is 11.4. The minimum Gasteiger partial charge on any atom is -0.357 e. The van der Waals surface area contributed by atoms with E-state index in [-0.39, 0.29) is 17.1 Å². The van der Waals surface area contributed by atoms with Crippen LogP contribution in [0.5, 0.6) is 0 Å². The number of para-hydroxylation sites is 1. The Morgan fingerprint density at radius 3 is 2.03 bits per heavy atom. The third-order valence-electron chi connectivity index (χ3n) is 5.90. The first-order chi connectivity index (χ1) is 17.0. The Labute approximate surface area is 211 Å². The van der Waals surface area contributed by atoms with Crippen molar-refractivity contribution in [3.05, 3.63) is 95.3 Å². The van der Waals surface area contributed by atoms with Gasteiger partial charge in [0.1, 0.15) is 18.4 Å². The minimum atomic E-state index is -4.31. The van der Waals surface area contributed by atoms with Crippen molar-refractivity contribution in [2.24, 2.45) is 0 Å². The smallest absolute Gasteiger partial charge is 0.264 e. The second kappa shape index (κ2) is 11.3. The molecule has 1 N–H and O–H groups in total. The van der Waals surface area contributed by atoms with Crippen LogP contribution in [-0.2, 0) is 26.2 Å². The molecule has 0 aliphatic rings. The van der Waals surface area contributed by atoms with E-state index in [1.807, 2.05) is 38.1 Å². The summed E-state index contributed by atoms with van der Waals surface area (Å²) in [4.78, 5) is 27.3. The molecule has 0 spiro atoms. The Balaban J connectivity index is 2.04. The van der Waals surface area contributed by atoms with Gasteiger partial charge in [-0.05, 0) is 50.6 Å². The Morgan fingerprint density at radius 2 is 1.47 bits per heavy atom. The van der Waals surface area contributed by atoms with Crippen LogP contribution in [0.3, 0.4) is 0 Å². The number of anilines is 1. The lowest BCUT2D eigenvalue weighted by molar-refractivity contribution is -0.139. The highest BCUT2D eigenvalue weighted by Gasteiger charge is 2.33. The molecule has 0 heterocycles. The summed E-state index contributed by atoms with van der Waals surface area (Å²) in [5.41, 5.74) is 2.40. The van der Waals surface area contributed by atoms with E-state index in [1.165, 1.54) is 42.3 Å². The molecule has 9 heteroatoms. The van der Waals surface area contributed by atoms with Crippen LogP contribution >= 0.6 is 0 Å². The molecule has 0 aromatic heterocycles. The average molecular weight is 512 g/mol. The van der Waals surface area contributed by atoms with Gasteiger partial charge in [-0.25, -0.2) is 12.8 Å². The highest BCUT2D eigenvalue weighted by molar-refractivity contribution is 7.92. The van der Waals surface area contributed by atoms with Crippen LogP contribution < -0.4 is 9.62 Å². The van der Waals surface area contributed by atoms with Gasteiger partial charge in [-0.15, -0.1) is 0 Å². The Morgan fingerprint density at radius 1 is 0.917 bits per heavy atom. The molecule has 0 aliphatic carbocycles. The fourth-order valence-electron chi connectivity index (χ4n) is 3.69. The third kappa shape index (κ3) is 6.09. The van der Waals surface area contributed by atoms with Gasteiger partial charge in [0, 0.05) is 13.6 Å². The van der Waals surface area contributed by atoms with E-state index < -0.39 is 40.2 Å². The predicted octanol–water partition coefficient (Wildman–Crippen LogP) is 3.80. The molecule has 2 amide bonds. The number of carbonyl (C=O) groups excluding carboxylic acids is 2. The van der Waals surface area contributed by atoms with Gasteiger partial charge in [-0.2, -0.15) is 0 Å². The first kappa shape index (κ1) is 26.9. The highest BCUT2D eigenvalue weighted by Crippen LogP contribution is 2.27. The van der Waals surface area contributed by atoms with Gasteiger partial charge >= 0.3 is 0 Å². The molecule has 0 aliphatic heterocycles. The molecule has 3 rings (SSSR count). The zero-order chi connectivity index (χ0) is 26.5. The molecule has 3 aromatic rings. The number of likely N-dealkylation sites (N-methyl/N-ethyl adjacent to an activating group) is 1. The van der Waals surface area contributed by atoms with Crippen molar-refractivity contribution >= 4 is 27.5 Å². The van der Waals surface area contributed by atoms with E-state index in [0.717, 1.165) is 27.1 Å². The summed E-state index contributed by atoms with van der Waals surface area (Å²) in [6.45, 7) is 4.69. The van der Waals surface area contributed by atoms with Gasteiger partial charge in [0.15, 0.2) is 0 Å². The van der Waals surface area contributed by atoms with Gasteiger partial charge < -0.3 is 10.2 Å². The van der Waals surface area contributed by atoms with E-state index in [9.17, 15) is 22.4 Å². The van der Waals surface area contributed by atoms with Crippen LogP contribution in [0.2, 0.25) is 0 Å². The number of sulfonamides is 1. The van der Waals surface area contributed by atoms with E-state index in [0.29, 0.717) is 0 Å². The van der Waals surface area contributed by atoms with Crippen LogP contribution in [-0.4, -0.2) is 44.8 Å². The standard InChI is InChI=1S/C27H30FN3O4S/c1-19-9-13-22(14-10-19)17-30(21(3)27(33)29-4)26(32)18-31(25-8-6-5-7-24(25)28)36(34,35)23-15-11-20(2)12-16-23/h5-16,21H,17-18H2,1-4H3,(H,29,33)/t21-/m1/s1. The summed E-state index contributed by atoms with van der Waals surface area (Å²) in [6.07, 6.45) is 0. The summed E-state index contributed by atoms with van der Waals surface area (Å²) in [5, 5.41) is 2.53. The third-order valence-corrected chi connectivity index (χ3v) is 7.67. The maximum absolute atomic E-state index is 14.8. The number of nitrogens with one attached hydrogen (secondary N) is 1. The molecule has 0 saturated heterocycles. The Kier molecular flexibility index (Phi) is 8.47. The van der Waals surface area contributed by atoms with Crippen LogP contribution in [0.4, 0.5) is 10.1 Å². The molecule has 1 atom stereocenters. The summed E-state index contributed by atoms with van der Waals surface area (Å²) in [6, 6.07) is 18.0. The maximum Gasteiger partial charge on any atom is 0.264 e. The van der Waals surface area contributed by atoms with Crippen molar-refractivity contribution in [2.75, 3.05) is 17.9 Å². The van der Waals surface area contributed by atoms with E-state index in [4.69, 9.17) is 0 Å². The number of rotatable bonds is 9. The lowest BCUT2D eigenvalue weighted by Crippen LogP contribution is -2.50. The van der Waals surface area contributed by atoms with Crippen molar-refractivity contribution in [3.8, 4) is 0 Å². The van der Waals surface area contributed by atoms with Gasteiger partial charge in [-0.3, -0.25) is 13.9 Å². The van der Waals surface area contributed by atoms with Crippen LogP contribution in [0.15, 0.2) is 77.7 Å². The maximum atomic E-state index is 14.8. The number of hydrogen-bond donors (Lipinski definition) is 1. The topological polar surface area (TPSA) is 86.8 Å². The average Bonchev–Trinajstić information content (AvgIpc) is 2.86. The molecule has 0 fully saturated rings. The number of benzene rings is 3. The van der Waals surface area contributed by atoms with Crippen molar-refractivity contribution in [2.45, 2.75) is 38.3 Å². The molecule has 36 heavy (non-hydrogen) atoms. The number of aryl methyl sites for hydroxylation is 2. The second-order valence-electron chi connectivity index (χ2n) is 8.57. The highest BCUT2D eigenvalue weighted by atomic mass is 32.2. The van der Waals surface area contributed by atoms with Crippen molar-refractivity contribution in [1.82, 2.24) is 10.2 Å². The summed E-state index contributed by atoms with van der Waals surface area (Å²) in [7, 11) is -2.85. The fraction of sp³-hybridized carbons (Fsp3) is 0.259. The first-order valence-corrected chi connectivity index (χ1v) is 12.9. The number of hydrogen-bond acceptors (Lipinski definition) is 4. The van der Waals surface area contributed by atoms with E-state index in [2.05, 4.69) is 5.32 Å². The number of carbonyl (C=O) groups is 2. The lowest BCUT2D eigenvalue weighted by Gasteiger charge is -2.31. The minimum absolute atomic E-state index is 0.0728. The molecular formula is C27H30FN3O4S. The molecule has 0 saturated carbocycles. The molecular weight excluding hydrogens is 481 g/mol. The fourth-order valence-corrected chi connectivity index (χ4v) is 5.11. The molecule has 7 nitrogen and oxygen atoms in total. The largest absolute Gasteiger partial charge is 0.357 e. The predicted molar refractivity (Wildman–Crippen MR) is 137 cm³/mol. The van der Waals surface area contributed by atoms with Gasteiger partial charge in [0.2, 0.25) is 11.8 Å². The Hall–Kier alpha value is -3.72. The SMILES string of the molecule is CNC(=O)[C@@H](C)N(Cc1ccc(C)cc1)C(=O)CN(c1ccccc1F)S(=O)(=O)c1ccc(C)cc1. The monoisotopic (exact) mass is 511 g/mol. The molecule has 0 bridgehead atoms. The molecule has 0 unspecified atom stereocenters. The number of amides is 2. The van der Waals surface area contributed by atoms with Crippen LogP contribution in [0.1, 0.15) is 23.6 Å². The quantitative estimate of drug-likeness (QED) is 0.474. The van der Waals surface area contributed by atoms with E-state index >= 15 is 0 Å². The Bertz CT molecular complexity index is 1330. The van der Waals surface area contributed by atoms with Gasteiger partial charge in [-0.1, -0.05) is 59.7 Å². The van der Waals surface area contributed by atoms with Crippen molar-refractivity contribution in [3.63, 3.8) is 0 Å². The zero-order valence-electron chi connectivity index (χ0n) is 20.7. The normalized spacial score (nSPS) is 12.0. The summed E-state index contributed by atoms with van der Waals surface area (Å²) >= 11 is 0. The molecule has 0 radical (unpaired) electrons. The van der Waals surface area contributed by atoms with Crippen molar-refractivity contribution < 1.29 is 22.4 Å². The molecule has 190 valence electrons. The molecule has 3 aromatic carbocycles. The second-order valence-corrected chi connectivity index (χ2v) is 10.4.